The summed E-state index contributed by atoms with van der Waals surface area (Å²) in [7, 11) is -0.915. The number of hydrogen-bond donors (Lipinski definition) is 1. The quantitative estimate of drug-likeness (QED) is 0.360. The number of nitrogens with zero attached hydrogens (tertiary/aromatic N) is 6. The van der Waals surface area contributed by atoms with E-state index in [1.807, 2.05) is 6.92 Å². The Morgan fingerprint density at radius 2 is 1.67 bits per heavy atom. The van der Waals surface area contributed by atoms with E-state index >= 15 is 0 Å². The van der Waals surface area contributed by atoms with Gasteiger partial charge in [0.15, 0.2) is 5.82 Å². The highest BCUT2D eigenvalue weighted by atomic mass is 32.2. The number of anilines is 1. The van der Waals surface area contributed by atoms with Gasteiger partial charge in [0.2, 0.25) is 16.0 Å². The molecule has 4 aromatic rings. The Balaban J connectivity index is 1.81. The molecule has 2 atom stereocenters. The Hall–Kier alpha value is -4.06. The summed E-state index contributed by atoms with van der Waals surface area (Å²) in [5.74, 6) is 0.775. The molecule has 4 rings (SSSR count). The fourth-order valence-corrected chi connectivity index (χ4v) is 4.91. The molecule has 188 valence electrons. The normalized spacial score (nSPS) is 13.1. The van der Waals surface area contributed by atoms with Gasteiger partial charge in [0.25, 0.3) is 0 Å². The van der Waals surface area contributed by atoms with E-state index in [0.29, 0.717) is 34.3 Å². The van der Waals surface area contributed by atoms with Crippen molar-refractivity contribution in [3.05, 3.63) is 66.5 Å². The summed E-state index contributed by atoms with van der Waals surface area (Å²) in [6.45, 7) is 5.22. The van der Waals surface area contributed by atoms with Gasteiger partial charge in [0, 0.05) is 36.3 Å². The van der Waals surface area contributed by atoms with Gasteiger partial charge in [0.1, 0.15) is 17.2 Å². The lowest BCUT2D eigenvalue weighted by atomic mass is 10.1. The summed E-state index contributed by atoms with van der Waals surface area (Å²) >= 11 is 0. The first kappa shape index (κ1) is 25.0. The number of aryl methyl sites for hydroxylation is 1. The molecule has 0 spiro atoms. The number of para-hydroxylation sites is 1. The zero-order valence-corrected chi connectivity index (χ0v) is 21.4. The molecule has 0 saturated carbocycles. The summed E-state index contributed by atoms with van der Waals surface area (Å²) in [4.78, 5) is 12.7. The lowest BCUT2D eigenvalue weighted by Gasteiger charge is -2.21. The van der Waals surface area contributed by atoms with Crippen LogP contribution in [0.15, 0.2) is 55.1 Å². The van der Waals surface area contributed by atoms with Crippen molar-refractivity contribution in [1.29, 1.82) is 0 Å². The molecule has 3 aromatic heterocycles. The van der Waals surface area contributed by atoms with Crippen molar-refractivity contribution in [3.8, 4) is 28.6 Å². The van der Waals surface area contributed by atoms with Crippen molar-refractivity contribution in [3.63, 3.8) is 0 Å². The van der Waals surface area contributed by atoms with Crippen LogP contribution in [0.4, 0.5) is 5.95 Å². The van der Waals surface area contributed by atoms with E-state index < -0.39 is 21.2 Å². The molecule has 1 N–H and O–H groups in total. The summed E-state index contributed by atoms with van der Waals surface area (Å²) in [5, 5.41) is 7.61. The molecule has 0 fully saturated rings. The molecule has 1 aromatic carbocycles. The van der Waals surface area contributed by atoms with Crippen LogP contribution in [0, 0.1) is 6.92 Å². The third-order valence-electron chi connectivity index (χ3n) is 5.90. The zero-order chi connectivity index (χ0) is 25.9. The number of rotatable bonds is 9. The van der Waals surface area contributed by atoms with Crippen molar-refractivity contribution in [2.45, 2.75) is 31.9 Å². The van der Waals surface area contributed by atoms with Gasteiger partial charge in [-0.05, 0) is 38.1 Å². The predicted molar refractivity (Wildman–Crippen MR) is 135 cm³/mol. The molecule has 0 bridgehead atoms. The van der Waals surface area contributed by atoms with Gasteiger partial charge in [-0.25, -0.2) is 8.42 Å². The van der Waals surface area contributed by atoms with Crippen LogP contribution in [-0.2, 0) is 10.0 Å². The fourth-order valence-electron chi connectivity index (χ4n) is 3.66. The Kier molecular flexibility index (Phi) is 7.15. The average molecular weight is 510 g/mol. The van der Waals surface area contributed by atoms with Crippen LogP contribution in [0.1, 0.15) is 31.2 Å². The van der Waals surface area contributed by atoms with E-state index in [1.165, 1.54) is 14.2 Å². The van der Waals surface area contributed by atoms with Crippen molar-refractivity contribution < 1.29 is 17.9 Å². The number of methoxy groups -OCH3 is 2. The standard InChI is InChI=1S/C24H27N7O4S/c1-15-12-27-19(14-26-15)16(2)17(3)36(32,33)30-24-29-28-23(18-8-7-11-25-13-18)31(24)22-20(34-4)9-6-10-21(22)35-5/h6-14,16-17H,1-5H3,(H,29,30). The Labute approximate surface area is 209 Å². The number of aromatic nitrogens is 6. The van der Waals surface area contributed by atoms with Crippen molar-refractivity contribution >= 4 is 16.0 Å². The number of nitrogens with one attached hydrogen (secondary N) is 1. The van der Waals surface area contributed by atoms with Crippen LogP contribution in [0.3, 0.4) is 0 Å². The highest BCUT2D eigenvalue weighted by molar-refractivity contribution is 7.93. The van der Waals surface area contributed by atoms with E-state index in [-0.39, 0.29) is 5.95 Å². The van der Waals surface area contributed by atoms with Gasteiger partial charge < -0.3 is 9.47 Å². The maximum Gasteiger partial charge on any atom is 0.243 e. The van der Waals surface area contributed by atoms with E-state index in [2.05, 4.69) is 29.9 Å². The number of sulfonamides is 1. The molecule has 36 heavy (non-hydrogen) atoms. The number of ether oxygens (including phenoxy) is 2. The molecule has 0 aliphatic heterocycles. The highest BCUT2D eigenvalue weighted by Crippen LogP contribution is 2.38. The maximum atomic E-state index is 13.5. The lowest BCUT2D eigenvalue weighted by Crippen LogP contribution is -2.31. The molecule has 3 heterocycles. The average Bonchev–Trinajstić information content (AvgIpc) is 3.30. The van der Waals surface area contributed by atoms with Crippen molar-refractivity contribution in [2.75, 3.05) is 18.9 Å². The van der Waals surface area contributed by atoms with Gasteiger partial charge in [-0.2, -0.15) is 0 Å². The minimum absolute atomic E-state index is 0.0225. The van der Waals surface area contributed by atoms with Gasteiger partial charge in [-0.15, -0.1) is 10.2 Å². The van der Waals surface area contributed by atoms with Crippen LogP contribution in [0.25, 0.3) is 17.1 Å². The SMILES string of the molecule is COc1cccc(OC)c1-n1c(NS(=O)(=O)C(C)C(C)c2cnc(C)cn2)nnc1-c1cccnc1. The van der Waals surface area contributed by atoms with Crippen LogP contribution < -0.4 is 14.2 Å². The lowest BCUT2D eigenvalue weighted by molar-refractivity contribution is 0.391. The Morgan fingerprint density at radius 1 is 0.944 bits per heavy atom. The first-order valence-corrected chi connectivity index (χ1v) is 12.7. The second-order valence-electron chi connectivity index (χ2n) is 8.16. The molecule has 0 saturated heterocycles. The van der Waals surface area contributed by atoms with Gasteiger partial charge >= 0.3 is 0 Å². The monoisotopic (exact) mass is 509 g/mol. The molecule has 0 radical (unpaired) electrons. The fraction of sp³-hybridized carbons (Fsp3) is 0.292. The predicted octanol–water partition coefficient (Wildman–Crippen LogP) is 3.38. The number of hydrogen-bond acceptors (Lipinski definition) is 9. The number of benzene rings is 1. The Morgan fingerprint density at radius 3 is 2.25 bits per heavy atom. The first-order valence-electron chi connectivity index (χ1n) is 11.1. The van der Waals surface area contributed by atoms with E-state index in [9.17, 15) is 8.42 Å². The first-order chi connectivity index (χ1) is 17.3. The summed E-state index contributed by atoms with van der Waals surface area (Å²) in [6, 6.07) is 8.80. The second kappa shape index (κ2) is 10.3. The van der Waals surface area contributed by atoms with Crippen LogP contribution in [0.5, 0.6) is 11.5 Å². The largest absolute Gasteiger partial charge is 0.494 e. The third kappa shape index (κ3) is 4.85. The molecule has 0 aliphatic carbocycles. The van der Waals surface area contributed by atoms with E-state index in [0.717, 1.165) is 5.69 Å². The third-order valence-corrected chi connectivity index (χ3v) is 7.76. The molecule has 0 amide bonds. The van der Waals surface area contributed by atoms with Crippen LogP contribution >= 0.6 is 0 Å². The van der Waals surface area contributed by atoms with E-state index in [4.69, 9.17) is 9.47 Å². The van der Waals surface area contributed by atoms with Gasteiger partial charge in [-0.1, -0.05) is 13.0 Å². The number of pyridine rings is 1. The molecule has 11 nitrogen and oxygen atoms in total. The summed E-state index contributed by atoms with van der Waals surface area (Å²) in [5.41, 5.74) is 2.39. The van der Waals surface area contributed by atoms with Crippen LogP contribution in [-0.4, -0.2) is 57.6 Å². The van der Waals surface area contributed by atoms with E-state index in [1.54, 1.807) is 73.5 Å². The molecular weight excluding hydrogens is 482 g/mol. The molecule has 2 unspecified atom stereocenters. The topological polar surface area (TPSA) is 134 Å². The highest BCUT2D eigenvalue weighted by Gasteiger charge is 2.32. The van der Waals surface area contributed by atoms with Crippen molar-refractivity contribution in [2.24, 2.45) is 0 Å². The Bertz CT molecular complexity index is 1420. The second-order valence-corrected chi connectivity index (χ2v) is 10.2. The van der Waals surface area contributed by atoms with Gasteiger partial charge in [0.05, 0.1) is 30.9 Å². The van der Waals surface area contributed by atoms with Crippen molar-refractivity contribution in [1.82, 2.24) is 29.7 Å². The summed E-state index contributed by atoms with van der Waals surface area (Å²) in [6.07, 6.45) is 6.45. The summed E-state index contributed by atoms with van der Waals surface area (Å²) < 4.78 is 42.3. The molecular formula is C24H27N7O4S. The minimum atomic E-state index is -3.95. The smallest absolute Gasteiger partial charge is 0.243 e. The molecule has 12 heteroatoms. The minimum Gasteiger partial charge on any atom is -0.494 e. The van der Waals surface area contributed by atoms with Gasteiger partial charge in [-0.3, -0.25) is 24.2 Å². The molecule has 0 aliphatic rings. The zero-order valence-electron chi connectivity index (χ0n) is 20.6. The maximum absolute atomic E-state index is 13.5. The van der Waals surface area contributed by atoms with Crippen LogP contribution in [0.2, 0.25) is 0 Å².